The molecule has 5 rings (SSSR count). The predicted molar refractivity (Wildman–Crippen MR) is 121 cm³/mol. The molecule has 3 unspecified atom stereocenters. The third kappa shape index (κ3) is 3.16. The molecule has 4 aliphatic rings. The highest BCUT2D eigenvalue weighted by atomic mass is 16.3. The Balaban J connectivity index is 1.32. The summed E-state index contributed by atoms with van der Waals surface area (Å²) in [5.41, 5.74) is 5.36. The monoisotopic (exact) mass is 410 g/mol. The first kappa shape index (κ1) is 20.3. The van der Waals surface area contributed by atoms with Gasteiger partial charge in [-0.15, -0.1) is 0 Å². The number of rotatable bonds is 4. The van der Waals surface area contributed by atoms with E-state index in [2.05, 4.69) is 53.6 Å². The van der Waals surface area contributed by atoms with Crippen LogP contribution in [0, 0.1) is 40.4 Å². The third-order valence-corrected chi connectivity index (χ3v) is 9.76. The molecule has 0 spiro atoms. The number of nitrogens with one attached hydrogen (secondary N) is 2. The van der Waals surface area contributed by atoms with E-state index < -0.39 is 0 Å². The minimum atomic E-state index is -0.111. The number of H-pyrrole nitrogens is 1. The van der Waals surface area contributed by atoms with Crippen molar-refractivity contribution in [3.05, 3.63) is 24.0 Å². The lowest BCUT2D eigenvalue weighted by Gasteiger charge is -2.58. The first-order chi connectivity index (χ1) is 14.4. The van der Waals surface area contributed by atoms with Crippen LogP contribution in [0.3, 0.4) is 0 Å². The lowest BCUT2D eigenvalue weighted by Crippen LogP contribution is -2.50. The van der Waals surface area contributed by atoms with E-state index in [-0.39, 0.29) is 6.10 Å². The Morgan fingerprint density at radius 1 is 1.23 bits per heavy atom. The summed E-state index contributed by atoms with van der Waals surface area (Å²) in [6.45, 7) is 7.45. The Bertz CT molecular complexity index is 817. The molecular formula is C25H38N4O. The molecule has 4 aliphatic carbocycles. The smallest absolute Gasteiger partial charge is 0.220 e. The Morgan fingerprint density at radius 2 is 2.10 bits per heavy atom. The van der Waals surface area contributed by atoms with Gasteiger partial charge in [-0.2, -0.15) is 5.10 Å². The van der Waals surface area contributed by atoms with E-state index in [0.717, 1.165) is 30.6 Å². The molecule has 3 saturated carbocycles. The highest BCUT2D eigenvalue weighted by molar-refractivity contribution is 5.62. The van der Waals surface area contributed by atoms with E-state index in [9.17, 15) is 5.11 Å². The molecule has 1 aromatic heterocycles. The quantitative estimate of drug-likeness (QED) is 0.354. The summed E-state index contributed by atoms with van der Waals surface area (Å²) in [6, 6.07) is 0. The first-order valence-electron chi connectivity index (χ1n) is 12.1. The fourth-order valence-corrected chi connectivity index (χ4v) is 8.19. The number of hydrogen-bond donors (Lipinski definition) is 3. The minimum absolute atomic E-state index is 0.111. The second-order valence-electron chi connectivity index (χ2n) is 11.1. The summed E-state index contributed by atoms with van der Waals surface area (Å²) < 4.78 is 0. The van der Waals surface area contributed by atoms with E-state index in [1.165, 1.54) is 38.5 Å². The van der Waals surface area contributed by atoms with Crippen molar-refractivity contribution in [3.8, 4) is 0 Å². The maximum atomic E-state index is 10.2. The number of hydrazone groups is 1. The van der Waals surface area contributed by atoms with Crippen LogP contribution in [0.25, 0.3) is 0 Å². The minimum Gasteiger partial charge on any atom is -0.393 e. The number of nitrogens with zero attached hydrogens (tertiary/aromatic N) is 2. The Morgan fingerprint density at radius 3 is 2.90 bits per heavy atom. The number of anilines is 1. The molecule has 0 radical (unpaired) electrons. The van der Waals surface area contributed by atoms with Gasteiger partial charge in [0.1, 0.15) is 0 Å². The van der Waals surface area contributed by atoms with Crippen molar-refractivity contribution in [2.24, 2.45) is 45.5 Å². The molecule has 0 amide bonds. The summed E-state index contributed by atoms with van der Waals surface area (Å²) >= 11 is 0. The largest absolute Gasteiger partial charge is 0.393 e. The van der Waals surface area contributed by atoms with E-state index in [1.54, 1.807) is 18.0 Å². The average Bonchev–Trinajstić information content (AvgIpc) is 3.35. The van der Waals surface area contributed by atoms with Crippen LogP contribution in [0.5, 0.6) is 0 Å². The zero-order valence-corrected chi connectivity index (χ0v) is 18.8. The number of allylic oxidation sites excluding steroid dienone is 1. The lowest BCUT2D eigenvalue weighted by molar-refractivity contribution is -0.0529. The van der Waals surface area contributed by atoms with Crippen molar-refractivity contribution in [1.29, 1.82) is 0 Å². The van der Waals surface area contributed by atoms with Crippen molar-refractivity contribution >= 4 is 12.2 Å². The zero-order valence-electron chi connectivity index (χ0n) is 18.8. The predicted octanol–water partition coefficient (Wildman–Crippen LogP) is 5.38. The van der Waals surface area contributed by atoms with Crippen LogP contribution >= 0.6 is 0 Å². The molecule has 30 heavy (non-hydrogen) atoms. The molecule has 3 N–H and O–H groups in total. The maximum absolute atomic E-state index is 10.2. The number of hydrogen-bond acceptors (Lipinski definition) is 4. The van der Waals surface area contributed by atoms with Crippen molar-refractivity contribution < 1.29 is 5.11 Å². The van der Waals surface area contributed by atoms with Gasteiger partial charge in [-0.3, -0.25) is 0 Å². The molecule has 8 atom stereocenters. The van der Waals surface area contributed by atoms with Crippen LogP contribution in [0.15, 0.2) is 29.1 Å². The molecule has 1 aromatic rings. The molecule has 0 aliphatic heterocycles. The number of aromatic nitrogens is 2. The van der Waals surface area contributed by atoms with Crippen LogP contribution < -0.4 is 5.43 Å². The van der Waals surface area contributed by atoms with Gasteiger partial charge < -0.3 is 10.1 Å². The number of aliphatic hydroxyl groups is 1. The summed E-state index contributed by atoms with van der Waals surface area (Å²) in [5.74, 6) is 4.34. The number of aromatic amines is 1. The lowest BCUT2D eigenvalue weighted by atomic mass is 9.47. The summed E-state index contributed by atoms with van der Waals surface area (Å²) in [6.07, 6.45) is 17.8. The van der Waals surface area contributed by atoms with E-state index in [0.29, 0.717) is 28.6 Å². The van der Waals surface area contributed by atoms with Gasteiger partial charge in [-0.05, 0) is 91.8 Å². The van der Waals surface area contributed by atoms with Crippen molar-refractivity contribution in [2.75, 3.05) is 5.43 Å². The van der Waals surface area contributed by atoms with E-state index >= 15 is 0 Å². The molecule has 3 fully saturated rings. The number of aliphatic hydroxyl groups excluding tert-OH is 1. The Labute approximate surface area is 180 Å². The van der Waals surface area contributed by atoms with Gasteiger partial charge in [-0.1, -0.05) is 32.4 Å². The van der Waals surface area contributed by atoms with Crippen LogP contribution in [-0.4, -0.2) is 27.4 Å². The molecule has 5 heteroatoms. The Hall–Kier alpha value is -1.62. The molecule has 0 aromatic carbocycles. The van der Waals surface area contributed by atoms with Gasteiger partial charge in [0.05, 0.1) is 6.10 Å². The van der Waals surface area contributed by atoms with Gasteiger partial charge in [0.15, 0.2) is 0 Å². The van der Waals surface area contributed by atoms with Gasteiger partial charge in [0.25, 0.3) is 0 Å². The molecule has 164 valence electrons. The highest BCUT2D eigenvalue weighted by Gasteiger charge is 2.59. The SMILES string of the molecule is C[C@H](/C=N/Nc1ncc[nH]1)[C@H]1CCC2C3CC=C4C[C@@H](O)CC[C@]4(C)C3CC[C@@]21C. The molecular weight excluding hydrogens is 372 g/mol. The highest BCUT2D eigenvalue weighted by Crippen LogP contribution is 2.67. The van der Waals surface area contributed by atoms with E-state index in [4.69, 9.17) is 0 Å². The molecule has 5 nitrogen and oxygen atoms in total. The van der Waals surface area contributed by atoms with Crippen LogP contribution in [0.4, 0.5) is 5.95 Å². The fourth-order valence-electron chi connectivity index (χ4n) is 8.19. The van der Waals surface area contributed by atoms with Gasteiger partial charge in [0.2, 0.25) is 5.95 Å². The second kappa shape index (κ2) is 7.51. The van der Waals surface area contributed by atoms with Crippen molar-refractivity contribution in [3.63, 3.8) is 0 Å². The van der Waals surface area contributed by atoms with Crippen molar-refractivity contribution in [1.82, 2.24) is 9.97 Å². The maximum Gasteiger partial charge on any atom is 0.220 e. The molecule has 0 saturated heterocycles. The van der Waals surface area contributed by atoms with Crippen LogP contribution in [0.2, 0.25) is 0 Å². The normalized spacial score (nSPS) is 44.1. The molecule has 1 heterocycles. The Kier molecular flexibility index (Phi) is 5.08. The molecule has 0 bridgehead atoms. The summed E-state index contributed by atoms with van der Waals surface area (Å²) in [7, 11) is 0. The topological polar surface area (TPSA) is 73.3 Å². The van der Waals surface area contributed by atoms with Crippen LogP contribution in [0.1, 0.15) is 72.1 Å². The van der Waals surface area contributed by atoms with E-state index in [1.807, 2.05) is 0 Å². The fraction of sp³-hybridized carbons (Fsp3) is 0.760. The van der Waals surface area contributed by atoms with Crippen LogP contribution in [-0.2, 0) is 0 Å². The van der Waals surface area contributed by atoms with Gasteiger partial charge in [-0.25, -0.2) is 10.4 Å². The first-order valence-corrected chi connectivity index (χ1v) is 12.1. The average molecular weight is 411 g/mol. The standard InChI is InChI=1S/C25H38N4O/c1-16(15-28-29-23-26-12-13-27-23)20-6-7-21-19-5-4-17-14-18(30)8-10-24(17,2)22(19)9-11-25(20,21)3/h4,12-13,15-16,18-22,30H,5-11,14H2,1-3H3,(H2,26,27,29)/b28-15+/t16-,18+,19?,20-,21?,22?,24+,25-/m1/s1. The third-order valence-electron chi connectivity index (χ3n) is 9.76. The number of imidazole rings is 1. The zero-order chi connectivity index (χ0) is 20.9. The second-order valence-corrected chi connectivity index (χ2v) is 11.1. The van der Waals surface area contributed by atoms with Gasteiger partial charge >= 0.3 is 0 Å². The van der Waals surface area contributed by atoms with Gasteiger partial charge in [0, 0.05) is 18.6 Å². The summed E-state index contributed by atoms with van der Waals surface area (Å²) in [5, 5.41) is 14.7. The summed E-state index contributed by atoms with van der Waals surface area (Å²) in [4.78, 5) is 7.21. The number of fused-ring (bicyclic) bond motifs is 5. The van der Waals surface area contributed by atoms with Crippen molar-refractivity contribution in [2.45, 2.75) is 78.2 Å².